The molecule has 18 heavy (non-hydrogen) atoms. The molecule has 2 N–H and O–H groups in total. The molecule has 2 unspecified atom stereocenters. The van der Waals surface area contributed by atoms with Crippen LogP contribution in [0.1, 0.15) is 30.9 Å². The molecule has 4 heteroatoms. The second-order valence-electron chi connectivity index (χ2n) is 4.81. The van der Waals surface area contributed by atoms with Crippen LogP contribution in [-0.2, 0) is 16.1 Å². The number of hydrogen-bond acceptors (Lipinski definition) is 3. The summed E-state index contributed by atoms with van der Waals surface area (Å²) in [5.74, 6) is -0.0995. The number of aliphatic hydroxyl groups excluding tert-OH is 1. The quantitative estimate of drug-likeness (QED) is 0.861. The number of carbonyl (C=O) groups excluding carboxylic acids is 1. The van der Waals surface area contributed by atoms with Crippen LogP contribution >= 0.6 is 0 Å². The van der Waals surface area contributed by atoms with Gasteiger partial charge in [0, 0.05) is 5.69 Å². The van der Waals surface area contributed by atoms with Gasteiger partial charge in [-0.15, -0.1) is 0 Å². The molecule has 1 aromatic rings. The number of aryl methyl sites for hydroxylation is 1. The van der Waals surface area contributed by atoms with Gasteiger partial charge in [-0.1, -0.05) is 12.1 Å². The molecule has 98 valence electrons. The lowest BCUT2D eigenvalue weighted by Crippen LogP contribution is -2.28. The van der Waals surface area contributed by atoms with Gasteiger partial charge in [0.05, 0.1) is 12.7 Å². The lowest BCUT2D eigenvalue weighted by molar-refractivity contribution is -0.126. The lowest BCUT2D eigenvalue weighted by atomic mass is 10.1. The smallest absolute Gasteiger partial charge is 0.253 e. The van der Waals surface area contributed by atoms with E-state index in [0.29, 0.717) is 0 Å². The summed E-state index contributed by atoms with van der Waals surface area (Å²) in [4.78, 5) is 12.0. The Labute approximate surface area is 107 Å². The topological polar surface area (TPSA) is 58.6 Å². The summed E-state index contributed by atoms with van der Waals surface area (Å²) in [5.41, 5.74) is 2.51. The average Bonchev–Trinajstić information content (AvgIpc) is 2.79. The van der Waals surface area contributed by atoms with Gasteiger partial charge in [-0.25, -0.2) is 0 Å². The maximum Gasteiger partial charge on any atom is 0.253 e. The summed E-state index contributed by atoms with van der Waals surface area (Å²) in [5, 5.41) is 12.0. The minimum Gasteiger partial charge on any atom is -0.392 e. The highest BCUT2D eigenvalue weighted by atomic mass is 16.5. The van der Waals surface area contributed by atoms with Crippen LogP contribution in [0, 0.1) is 6.92 Å². The molecular formula is C14H19NO3. The van der Waals surface area contributed by atoms with Gasteiger partial charge in [-0.2, -0.15) is 0 Å². The molecule has 1 aliphatic heterocycles. The van der Waals surface area contributed by atoms with Crippen LogP contribution in [0.15, 0.2) is 18.2 Å². The van der Waals surface area contributed by atoms with E-state index < -0.39 is 0 Å². The Morgan fingerprint density at radius 1 is 1.50 bits per heavy atom. The standard InChI is InChI=1S/C14H19NO3/c1-9-3-5-11(8-16)7-12(9)15-14(17)13-6-4-10(2)18-13/h3,5,7,10,13,16H,4,6,8H2,1-2H3,(H,15,17). The van der Waals surface area contributed by atoms with E-state index in [0.717, 1.165) is 29.7 Å². The number of hydrogen-bond donors (Lipinski definition) is 2. The molecule has 2 rings (SSSR count). The van der Waals surface area contributed by atoms with Crippen molar-refractivity contribution in [3.63, 3.8) is 0 Å². The van der Waals surface area contributed by atoms with Gasteiger partial charge < -0.3 is 15.2 Å². The number of amides is 1. The predicted octanol–water partition coefficient (Wildman–Crippen LogP) is 1.99. The fourth-order valence-corrected chi connectivity index (χ4v) is 2.11. The van der Waals surface area contributed by atoms with Crippen LogP contribution in [0.4, 0.5) is 5.69 Å². The third-order valence-electron chi connectivity index (χ3n) is 3.27. The zero-order valence-corrected chi connectivity index (χ0v) is 10.8. The lowest BCUT2D eigenvalue weighted by Gasteiger charge is -2.14. The summed E-state index contributed by atoms with van der Waals surface area (Å²) < 4.78 is 5.53. The van der Waals surface area contributed by atoms with Gasteiger partial charge in [-0.3, -0.25) is 4.79 Å². The van der Waals surface area contributed by atoms with E-state index in [2.05, 4.69) is 5.32 Å². The van der Waals surface area contributed by atoms with E-state index in [-0.39, 0.29) is 24.7 Å². The van der Waals surface area contributed by atoms with Gasteiger partial charge in [0.15, 0.2) is 0 Å². The number of nitrogens with one attached hydrogen (secondary N) is 1. The van der Waals surface area contributed by atoms with Crippen molar-refractivity contribution >= 4 is 11.6 Å². The summed E-state index contributed by atoms with van der Waals surface area (Å²) in [7, 11) is 0. The van der Waals surface area contributed by atoms with Crippen LogP contribution in [0.2, 0.25) is 0 Å². The fourth-order valence-electron chi connectivity index (χ4n) is 2.11. The molecule has 2 atom stereocenters. The van der Waals surface area contributed by atoms with Crippen molar-refractivity contribution in [1.29, 1.82) is 0 Å². The molecule has 1 aromatic carbocycles. The Morgan fingerprint density at radius 2 is 2.28 bits per heavy atom. The number of benzene rings is 1. The second kappa shape index (κ2) is 5.50. The third-order valence-corrected chi connectivity index (χ3v) is 3.27. The summed E-state index contributed by atoms with van der Waals surface area (Å²) in [6.07, 6.45) is 1.50. The van der Waals surface area contributed by atoms with E-state index in [1.165, 1.54) is 0 Å². The zero-order valence-electron chi connectivity index (χ0n) is 10.8. The SMILES string of the molecule is Cc1ccc(CO)cc1NC(=O)C1CCC(C)O1. The van der Waals surface area contributed by atoms with E-state index >= 15 is 0 Å². The Morgan fingerprint density at radius 3 is 2.89 bits per heavy atom. The largest absolute Gasteiger partial charge is 0.392 e. The summed E-state index contributed by atoms with van der Waals surface area (Å²) >= 11 is 0. The van der Waals surface area contributed by atoms with E-state index in [9.17, 15) is 4.79 Å². The maximum atomic E-state index is 12.0. The molecule has 4 nitrogen and oxygen atoms in total. The zero-order chi connectivity index (χ0) is 13.1. The monoisotopic (exact) mass is 249 g/mol. The molecule has 1 fully saturated rings. The first kappa shape index (κ1) is 13.1. The van der Waals surface area contributed by atoms with Gasteiger partial charge in [0.2, 0.25) is 0 Å². The van der Waals surface area contributed by atoms with Crippen LogP contribution < -0.4 is 5.32 Å². The molecule has 0 aliphatic carbocycles. The first-order valence-corrected chi connectivity index (χ1v) is 6.27. The van der Waals surface area contributed by atoms with Crippen molar-refractivity contribution in [1.82, 2.24) is 0 Å². The third kappa shape index (κ3) is 2.89. The second-order valence-corrected chi connectivity index (χ2v) is 4.81. The molecule has 0 radical (unpaired) electrons. The number of carbonyl (C=O) groups is 1. The highest BCUT2D eigenvalue weighted by Crippen LogP contribution is 2.22. The van der Waals surface area contributed by atoms with Gasteiger partial charge >= 0.3 is 0 Å². The maximum absolute atomic E-state index is 12.0. The Bertz CT molecular complexity index is 445. The molecule has 0 aromatic heterocycles. The fraction of sp³-hybridized carbons (Fsp3) is 0.500. The number of anilines is 1. The number of rotatable bonds is 3. The molecule has 0 bridgehead atoms. The minimum absolute atomic E-state index is 0.0277. The van der Waals surface area contributed by atoms with Crippen molar-refractivity contribution in [2.45, 2.75) is 45.5 Å². The number of aliphatic hydroxyl groups is 1. The summed E-state index contributed by atoms with van der Waals surface area (Å²) in [6.45, 7) is 3.87. The van der Waals surface area contributed by atoms with Crippen molar-refractivity contribution in [2.75, 3.05) is 5.32 Å². The van der Waals surface area contributed by atoms with Crippen molar-refractivity contribution in [3.8, 4) is 0 Å². The Hall–Kier alpha value is -1.39. The first-order valence-electron chi connectivity index (χ1n) is 6.27. The van der Waals surface area contributed by atoms with Crippen molar-refractivity contribution in [2.24, 2.45) is 0 Å². The van der Waals surface area contributed by atoms with Crippen LogP contribution in [-0.4, -0.2) is 23.2 Å². The molecule has 1 amide bonds. The Kier molecular flexibility index (Phi) is 3.99. The molecule has 0 spiro atoms. The predicted molar refractivity (Wildman–Crippen MR) is 69.3 cm³/mol. The average molecular weight is 249 g/mol. The van der Waals surface area contributed by atoms with Crippen LogP contribution in [0.3, 0.4) is 0 Å². The highest BCUT2D eigenvalue weighted by molar-refractivity contribution is 5.95. The van der Waals surface area contributed by atoms with Crippen molar-refractivity contribution < 1.29 is 14.6 Å². The van der Waals surface area contributed by atoms with E-state index in [1.54, 1.807) is 6.07 Å². The highest BCUT2D eigenvalue weighted by Gasteiger charge is 2.28. The van der Waals surface area contributed by atoms with Gasteiger partial charge in [0.25, 0.3) is 5.91 Å². The minimum atomic E-state index is -0.350. The Balaban J connectivity index is 2.06. The normalized spacial score (nSPS) is 23.1. The molecule has 1 heterocycles. The molecule has 0 saturated carbocycles. The van der Waals surface area contributed by atoms with Crippen molar-refractivity contribution in [3.05, 3.63) is 29.3 Å². The van der Waals surface area contributed by atoms with E-state index in [4.69, 9.17) is 9.84 Å². The number of ether oxygens (including phenoxy) is 1. The molecule has 1 saturated heterocycles. The van der Waals surface area contributed by atoms with Gasteiger partial charge in [-0.05, 0) is 43.9 Å². The van der Waals surface area contributed by atoms with Crippen LogP contribution in [0.25, 0.3) is 0 Å². The van der Waals surface area contributed by atoms with Gasteiger partial charge in [0.1, 0.15) is 6.10 Å². The molecule has 1 aliphatic rings. The van der Waals surface area contributed by atoms with Crippen LogP contribution in [0.5, 0.6) is 0 Å². The van der Waals surface area contributed by atoms with E-state index in [1.807, 2.05) is 26.0 Å². The summed E-state index contributed by atoms with van der Waals surface area (Å²) in [6, 6.07) is 5.53. The first-order chi connectivity index (χ1) is 8.60. The molecular weight excluding hydrogens is 230 g/mol.